The van der Waals surface area contributed by atoms with E-state index in [2.05, 4.69) is 0 Å². The second-order valence-corrected chi connectivity index (χ2v) is 5.50. The fourth-order valence-electron chi connectivity index (χ4n) is 2.69. The van der Waals surface area contributed by atoms with Crippen LogP contribution >= 0.6 is 0 Å². The van der Waals surface area contributed by atoms with Crippen LogP contribution in [-0.2, 0) is 0 Å². The van der Waals surface area contributed by atoms with E-state index in [4.69, 9.17) is 0 Å². The Bertz CT molecular complexity index is 953. The average molecular weight is 411 g/mol. The molecule has 0 aliphatic heterocycles. The molecule has 0 saturated carbocycles. The van der Waals surface area contributed by atoms with Gasteiger partial charge in [-0.15, -0.1) is 0 Å². The number of halogens is 10. The summed E-state index contributed by atoms with van der Waals surface area (Å²) in [4.78, 5) is 0. The Hall–Kier alpha value is -2.92. The van der Waals surface area contributed by atoms with Gasteiger partial charge in [0, 0.05) is 10.9 Å². The van der Waals surface area contributed by atoms with Crippen LogP contribution in [0.25, 0.3) is 0 Å². The van der Waals surface area contributed by atoms with Gasteiger partial charge in [-0.25, -0.2) is 43.9 Å². The highest BCUT2D eigenvalue weighted by Gasteiger charge is 2.41. The molecule has 0 unspecified atom stereocenters. The van der Waals surface area contributed by atoms with E-state index in [0.29, 0.717) is 4.48 Å². The first kappa shape index (κ1) is 19.8. The van der Waals surface area contributed by atoms with Crippen molar-refractivity contribution in [3.05, 3.63) is 82.7 Å². The van der Waals surface area contributed by atoms with E-state index in [1.54, 1.807) is 0 Å². The molecule has 0 amide bonds. The summed E-state index contributed by atoms with van der Waals surface area (Å²) < 4.78 is 138. The third-order valence-corrected chi connectivity index (χ3v) is 3.96. The quantitative estimate of drug-likeness (QED) is 0.269. The van der Waals surface area contributed by atoms with Gasteiger partial charge in [0.15, 0.2) is 58.2 Å². The van der Waals surface area contributed by atoms with Crippen molar-refractivity contribution in [2.24, 2.45) is 0 Å². The monoisotopic (exact) mass is 411 g/mol. The van der Waals surface area contributed by atoms with Crippen LogP contribution < -0.4 is 10.9 Å². The molecule has 0 N–H and O–H groups in total. The zero-order valence-electron chi connectivity index (χ0n) is 13.1. The first-order chi connectivity index (χ1) is 13.1. The number of hydrogen-bond acceptors (Lipinski definition) is 0. The topological polar surface area (TPSA) is 4.93 Å². The lowest BCUT2D eigenvalue weighted by molar-refractivity contribution is 0.381. The van der Waals surface area contributed by atoms with Gasteiger partial charge in [0.2, 0.25) is 0 Å². The lowest BCUT2D eigenvalue weighted by Gasteiger charge is -2.20. The van der Waals surface area contributed by atoms with Gasteiger partial charge in [-0.1, -0.05) is 0 Å². The molecule has 3 rings (SSSR count). The van der Waals surface area contributed by atoms with Crippen LogP contribution in [-0.4, -0.2) is 11.3 Å². The third-order valence-electron chi connectivity index (χ3n) is 3.96. The van der Waals surface area contributed by atoms with E-state index in [0.717, 1.165) is 24.5 Å². The molecule has 0 radical (unpaired) electrons. The number of rotatable bonds is 3. The van der Waals surface area contributed by atoms with Crippen molar-refractivity contribution in [3.8, 4) is 0 Å². The SMILES string of the molecule is Fc1c(F)c(F)c(B(c2c(F)c(F)c(F)c(F)c2F)n2cccc2)c(F)c1F. The summed E-state index contributed by atoms with van der Waals surface area (Å²) in [6.45, 7) is -2.59. The average Bonchev–Trinajstić information content (AvgIpc) is 3.21. The first-order valence-corrected chi connectivity index (χ1v) is 7.24. The first-order valence-electron chi connectivity index (χ1n) is 7.24. The lowest BCUT2D eigenvalue weighted by Crippen LogP contribution is -2.55. The van der Waals surface area contributed by atoms with E-state index < -0.39 is 75.9 Å². The molecule has 0 aliphatic carbocycles. The molecule has 1 nitrogen and oxygen atoms in total. The summed E-state index contributed by atoms with van der Waals surface area (Å²) in [5.74, 6) is -24.9. The van der Waals surface area contributed by atoms with Crippen molar-refractivity contribution in [2.45, 2.75) is 0 Å². The van der Waals surface area contributed by atoms with Crippen LogP contribution in [0, 0.1) is 58.2 Å². The minimum absolute atomic E-state index is 0.524. The van der Waals surface area contributed by atoms with Crippen molar-refractivity contribution in [3.63, 3.8) is 0 Å². The highest BCUT2D eigenvalue weighted by atomic mass is 19.2. The number of hydrogen-bond donors (Lipinski definition) is 0. The maximum absolute atomic E-state index is 14.2. The minimum Gasteiger partial charge on any atom is -0.389 e. The van der Waals surface area contributed by atoms with Crippen molar-refractivity contribution >= 4 is 17.8 Å². The largest absolute Gasteiger partial charge is 0.389 e. The number of aromatic nitrogens is 1. The second kappa shape index (κ2) is 6.91. The van der Waals surface area contributed by atoms with Crippen LogP contribution in [0.3, 0.4) is 0 Å². The van der Waals surface area contributed by atoms with Crippen molar-refractivity contribution in [2.75, 3.05) is 0 Å². The van der Waals surface area contributed by atoms with Crippen molar-refractivity contribution in [1.29, 1.82) is 0 Å². The van der Waals surface area contributed by atoms with E-state index >= 15 is 0 Å². The molecule has 0 bridgehead atoms. The molecule has 0 atom stereocenters. The molecule has 0 fully saturated rings. The van der Waals surface area contributed by atoms with Gasteiger partial charge in [0.25, 0.3) is 0 Å². The van der Waals surface area contributed by atoms with Crippen LogP contribution in [0.5, 0.6) is 0 Å². The standard InChI is InChI=1S/C16H4BF10N/c18-7-5(8(19)12(23)15(26)11(7)22)17(28-3-1-2-4-28)6-9(20)13(24)16(27)14(25)10(6)21/h1-4H. The van der Waals surface area contributed by atoms with E-state index in [1.807, 2.05) is 0 Å². The molecular weight excluding hydrogens is 407 g/mol. The summed E-state index contributed by atoms with van der Waals surface area (Å²) in [5.41, 5.74) is -3.59. The van der Waals surface area contributed by atoms with Crippen LogP contribution in [0.2, 0.25) is 0 Å². The van der Waals surface area contributed by atoms with Gasteiger partial charge < -0.3 is 4.48 Å². The van der Waals surface area contributed by atoms with Gasteiger partial charge in [-0.3, -0.25) is 0 Å². The molecule has 0 saturated heterocycles. The lowest BCUT2D eigenvalue weighted by atomic mass is 9.49. The maximum Gasteiger partial charge on any atom is 0.339 e. The predicted octanol–water partition coefficient (Wildman–Crippen LogP) is 3.53. The molecule has 12 heteroatoms. The Balaban J connectivity index is 2.48. The smallest absolute Gasteiger partial charge is 0.339 e. The van der Waals surface area contributed by atoms with Crippen LogP contribution in [0.4, 0.5) is 43.9 Å². The van der Waals surface area contributed by atoms with Crippen molar-refractivity contribution < 1.29 is 43.9 Å². The normalized spacial score (nSPS) is 11.2. The van der Waals surface area contributed by atoms with Gasteiger partial charge in [0.05, 0.1) is 0 Å². The molecule has 1 aromatic heterocycles. The fourth-order valence-corrected chi connectivity index (χ4v) is 2.69. The summed E-state index contributed by atoms with van der Waals surface area (Å²) in [5, 5.41) is 0. The summed E-state index contributed by atoms with van der Waals surface area (Å²) >= 11 is 0. The van der Waals surface area contributed by atoms with E-state index in [1.165, 1.54) is 0 Å². The number of nitrogens with zero attached hydrogens (tertiary/aromatic N) is 1. The molecule has 28 heavy (non-hydrogen) atoms. The Labute approximate surface area is 149 Å². The minimum atomic E-state index is -2.59. The van der Waals surface area contributed by atoms with Crippen molar-refractivity contribution in [1.82, 2.24) is 4.48 Å². The Morgan fingerprint density at radius 2 is 0.679 bits per heavy atom. The third kappa shape index (κ3) is 2.74. The molecule has 2 aromatic carbocycles. The van der Waals surface area contributed by atoms with Gasteiger partial charge in [0.1, 0.15) is 0 Å². The second-order valence-electron chi connectivity index (χ2n) is 5.50. The van der Waals surface area contributed by atoms with E-state index in [9.17, 15) is 43.9 Å². The van der Waals surface area contributed by atoms with Gasteiger partial charge >= 0.3 is 6.85 Å². The Kier molecular flexibility index (Phi) is 4.90. The highest BCUT2D eigenvalue weighted by Crippen LogP contribution is 2.21. The van der Waals surface area contributed by atoms with Crippen LogP contribution in [0.1, 0.15) is 0 Å². The number of benzene rings is 2. The molecule has 1 heterocycles. The molecule has 146 valence electrons. The molecular formula is C16H4BF10N. The zero-order valence-corrected chi connectivity index (χ0v) is 13.1. The Morgan fingerprint density at radius 3 is 0.964 bits per heavy atom. The molecule has 0 aliphatic rings. The predicted molar refractivity (Wildman–Crippen MR) is 77.3 cm³/mol. The summed E-state index contributed by atoms with van der Waals surface area (Å²) in [6.07, 6.45) is 1.75. The van der Waals surface area contributed by atoms with Gasteiger partial charge in [-0.05, 0) is 24.5 Å². The fraction of sp³-hybridized carbons (Fsp3) is 0. The Morgan fingerprint density at radius 1 is 0.429 bits per heavy atom. The highest BCUT2D eigenvalue weighted by molar-refractivity contribution is 6.84. The maximum atomic E-state index is 14.2. The molecule has 0 spiro atoms. The zero-order chi connectivity index (χ0) is 20.9. The summed E-state index contributed by atoms with van der Waals surface area (Å²) in [6, 6.07) is 2.26. The van der Waals surface area contributed by atoms with Crippen LogP contribution in [0.15, 0.2) is 24.5 Å². The van der Waals surface area contributed by atoms with Gasteiger partial charge in [-0.2, -0.15) is 0 Å². The van der Waals surface area contributed by atoms with E-state index in [-0.39, 0.29) is 0 Å². The molecule has 3 aromatic rings. The summed E-state index contributed by atoms with van der Waals surface area (Å²) in [7, 11) is 0.